The van der Waals surface area contributed by atoms with Crippen LogP contribution >= 0.6 is 0 Å². The van der Waals surface area contributed by atoms with Gasteiger partial charge in [-0.2, -0.15) is 0 Å². The van der Waals surface area contributed by atoms with Crippen LogP contribution in [-0.4, -0.2) is 43.4 Å². The second kappa shape index (κ2) is 6.59. The monoisotopic (exact) mass is 288 g/mol. The summed E-state index contributed by atoms with van der Waals surface area (Å²) in [4.78, 5) is 1.36. The highest BCUT2D eigenvalue weighted by molar-refractivity contribution is 5.31. The minimum Gasteiger partial charge on any atom is -0.497 e. The molecule has 112 valence electrons. The highest BCUT2D eigenvalue weighted by Crippen LogP contribution is 2.40. The first-order valence-electron chi connectivity index (χ1n) is 11.7. The lowest BCUT2D eigenvalue weighted by Crippen LogP contribution is -2.42. The molecular weight excluding hydrogens is 250 g/mol. The van der Waals surface area contributed by atoms with Gasteiger partial charge in [-0.15, -0.1) is 0 Å². The van der Waals surface area contributed by atoms with E-state index in [4.69, 9.17) is 19.8 Å². The van der Waals surface area contributed by atoms with Crippen LogP contribution < -0.4 is 4.74 Å². The molecule has 20 heavy (non-hydrogen) atoms. The smallest absolute Gasteiger partial charge is 0.118 e. The number of hydrogen-bond donors (Lipinski definition) is 1. The molecule has 3 nitrogen and oxygen atoms in total. The van der Waals surface area contributed by atoms with E-state index in [1.165, 1.54) is 50.4 Å². The van der Waals surface area contributed by atoms with Gasteiger partial charge in [-0.3, -0.25) is 0 Å². The predicted octanol–water partition coefficient (Wildman–Crippen LogP) is 3.04. The van der Waals surface area contributed by atoms with Crippen LogP contribution in [0.25, 0.3) is 0 Å². The molecule has 0 saturated heterocycles. The summed E-state index contributed by atoms with van der Waals surface area (Å²) in [7, 11) is 4.35. The molecule has 0 aromatic heterocycles. The fourth-order valence-corrected chi connectivity index (χ4v) is 1.98. The molecule has 0 radical (unpaired) electrons. The average Bonchev–Trinajstić information content (AvgIpc) is 2.64. The van der Waals surface area contributed by atoms with Crippen LogP contribution in [0.15, 0.2) is 24.3 Å². The SMILES string of the molecule is [2H]C(CN(C)C)(c1ccc(OC)cc1)C1(O)C([2H])([2H])C([2H])([2H])C([2H])([2H])C([2H])([2H])C1([2H])[2H]. The van der Waals surface area contributed by atoms with Crippen LogP contribution in [0.4, 0.5) is 0 Å². The van der Waals surface area contributed by atoms with Crippen LogP contribution in [0, 0.1) is 0 Å². The summed E-state index contributed by atoms with van der Waals surface area (Å²) < 4.78 is 96.4. The molecule has 1 unspecified atom stereocenters. The van der Waals surface area contributed by atoms with Gasteiger partial charge in [0.25, 0.3) is 0 Å². The van der Waals surface area contributed by atoms with E-state index in [-0.39, 0.29) is 5.56 Å². The lowest BCUT2D eigenvalue weighted by molar-refractivity contribution is -0.0277. The molecule has 1 aliphatic rings. The van der Waals surface area contributed by atoms with Gasteiger partial charge in [0.2, 0.25) is 0 Å². The van der Waals surface area contributed by atoms with Crippen molar-refractivity contribution in [3.63, 3.8) is 0 Å². The highest BCUT2D eigenvalue weighted by Gasteiger charge is 2.38. The molecule has 1 saturated carbocycles. The van der Waals surface area contributed by atoms with Gasteiger partial charge in [-0.25, -0.2) is 0 Å². The third-order valence-electron chi connectivity index (χ3n) is 2.96. The number of rotatable bonds is 5. The second-order valence-electron chi connectivity index (χ2n) is 4.78. The normalized spacial score (nSPS) is 42.1. The first-order chi connectivity index (χ1) is 13.7. The molecule has 1 aromatic rings. The van der Waals surface area contributed by atoms with Crippen molar-refractivity contribution in [1.29, 1.82) is 0 Å². The summed E-state index contributed by atoms with van der Waals surface area (Å²) in [5.41, 5.74) is -3.78. The van der Waals surface area contributed by atoms with Crippen LogP contribution in [-0.2, 0) is 0 Å². The summed E-state index contributed by atoms with van der Waals surface area (Å²) >= 11 is 0. The zero-order chi connectivity index (χ0) is 24.5. The number of benzene rings is 1. The maximum Gasteiger partial charge on any atom is 0.118 e. The summed E-state index contributed by atoms with van der Waals surface area (Å²) in [6, 6.07) is 5.37. The lowest BCUT2D eigenvalue weighted by atomic mass is 9.72. The van der Waals surface area contributed by atoms with Crippen molar-refractivity contribution < 1.29 is 24.9 Å². The van der Waals surface area contributed by atoms with E-state index < -0.39 is 49.9 Å². The number of likely N-dealkylation sites (N-methyl/N-ethyl adjacent to an activating group) is 1. The Kier molecular flexibility index (Phi) is 2.10. The minimum absolute atomic E-state index is 0.119. The zero-order valence-corrected chi connectivity index (χ0v) is 11.8. The summed E-state index contributed by atoms with van der Waals surface area (Å²) in [6.45, 7) is -0.524. The molecule has 1 aliphatic carbocycles. The minimum atomic E-state index is -3.73. The molecule has 0 bridgehead atoms. The second-order valence-corrected chi connectivity index (χ2v) is 4.78. The Morgan fingerprint density at radius 1 is 1.30 bits per heavy atom. The number of ether oxygens (including phenoxy) is 1. The van der Waals surface area contributed by atoms with E-state index in [0.29, 0.717) is 5.75 Å². The lowest BCUT2D eigenvalue weighted by Gasteiger charge is -2.40. The van der Waals surface area contributed by atoms with Crippen molar-refractivity contribution in [2.45, 2.75) is 43.4 Å². The zero-order valence-electron chi connectivity index (χ0n) is 22.8. The third-order valence-corrected chi connectivity index (χ3v) is 2.96. The van der Waals surface area contributed by atoms with Gasteiger partial charge >= 0.3 is 0 Å². The van der Waals surface area contributed by atoms with E-state index in [0.717, 1.165) is 0 Å². The molecule has 0 spiro atoms. The fraction of sp³-hybridized carbons (Fsp3) is 0.647. The molecule has 0 amide bonds. The quantitative estimate of drug-likeness (QED) is 0.904. The molecule has 2 rings (SSSR count). The van der Waals surface area contributed by atoms with E-state index in [9.17, 15) is 5.11 Å². The van der Waals surface area contributed by atoms with Gasteiger partial charge in [0, 0.05) is 27.5 Å². The Bertz CT molecular complexity index is 796. The molecule has 3 heteroatoms. The van der Waals surface area contributed by atoms with Crippen molar-refractivity contribution in [3.8, 4) is 5.75 Å². The Labute approximate surface area is 138 Å². The van der Waals surface area contributed by atoms with Crippen molar-refractivity contribution in [2.75, 3.05) is 27.7 Å². The van der Waals surface area contributed by atoms with Crippen molar-refractivity contribution >= 4 is 0 Å². The first kappa shape index (κ1) is 6.37. The number of methoxy groups -OCH3 is 1. The van der Waals surface area contributed by atoms with E-state index in [1.807, 2.05) is 0 Å². The highest BCUT2D eigenvalue weighted by atomic mass is 16.5. The molecule has 1 N–H and O–H groups in total. The number of hydrogen-bond acceptors (Lipinski definition) is 3. The maximum atomic E-state index is 11.7. The van der Waals surface area contributed by atoms with Crippen molar-refractivity contribution in [2.24, 2.45) is 0 Å². The van der Waals surface area contributed by atoms with Gasteiger partial charge in [0.05, 0.1) is 12.7 Å². The van der Waals surface area contributed by atoms with Gasteiger partial charge < -0.3 is 14.7 Å². The molecule has 0 aliphatic heterocycles. The Morgan fingerprint density at radius 2 is 1.90 bits per heavy atom. The third kappa shape index (κ3) is 3.53. The first-order valence-corrected chi connectivity index (χ1v) is 6.22. The van der Waals surface area contributed by atoms with E-state index >= 15 is 0 Å². The van der Waals surface area contributed by atoms with Gasteiger partial charge in [-0.05, 0) is 44.5 Å². The largest absolute Gasteiger partial charge is 0.497 e. The van der Waals surface area contributed by atoms with Crippen molar-refractivity contribution in [1.82, 2.24) is 4.90 Å². The predicted molar refractivity (Wildman–Crippen MR) is 82.3 cm³/mol. The summed E-state index contributed by atoms with van der Waals surface area (Å²) in [5, 5.41) is 11.7. The number of nitrogens with zero attached hydrogens (tertiary/aromatic N) is 1. The Morgan fingerprint density at radius 3 is 2.40 bits per heavy atom. The summed E-state index contributed by atoms with van der Waals surface area (Å²) in [6.07, 6.45) is -18.5. The average molecular weight is 288 g/mol. The standard InChI is InChI=1S/C17H27NO2/c1-18(2)13-16(17(19)11-5-4-6-12-17)14-7-9-15(20-3)10-8-14/h7-10,16,19H,4-6,11-13H2,1-3H3/i4D2,5D2,6D2,11D2,12D2,16D. The fourth-order valence-electron chi connectivity index (χ4n) is 1.98. The summed E-state index contributed by atoms with van der Waals surface area (Å²) in [5.74, 6) is -2.30. The van der Waals surface area contributed by atoms with Crippen molar-refractivity contribution in [3.05, 3.63) is 29.8 Å². The molecule has 1 aromatic carbocycles. The molecular formula is C17H27NO2. The van der Waals surface area contributed by atoms with Crippen LogP contribution in [0.5, 0.6) is 5.75 Å². The van der Waals surface area contributed by atoms with Crippen LogP contribution in [0.1, 0.15) is 58.4 Å². The topological polar surface area (TPSA) is 32.7 Å². The maximum absolute atomic E-state index is 11.7. The van der Waals surface area contributed by atoms with Gasteiger partial charge in [0.1, 0.15) is 5.75 Å². The molecule has 1 atom stereocenters. The Hall–Kier alpha value is -1.06. The molecule has 0 heterocycles. The number of aliphatic hydroxyl groups is 1. The van der Waals surface area contributed by atoms with E-state index in [2.05, 4.69) is 0 Å². The molecule has 1 fully saturated rings. The van der Waals surface area contributed by atoms with E-state index in [1.54, 1.807) is 0 Å². The van der Waals surface area contributed by atoms with Gasteiger partial charge in [-0.1, -0.05) is 31.3 Å². The van der Waals surface area contributed by atoms with Crippen LogP contribution in [0.2, 0.25) is 0 Å². The van der Waals surface area contributed by atoms with Gasteiger partial charge in [0.15, 0.2) is 0 Å². The Balaban J connectivity index is 2.99. The van der Waals surface area contributed by atoms with Crippen LogP contribution in [0.3, 0.4) is 0 Å².